The lowest BCUT2D eigenvalue weighted by molar-refractivity contribution is -0.157. The van der Waals surface area contributed by atoms with Crippen LogP contribution in [-0.4, -0.2) is 34.3 Å². The number of hydrogen-bond acceptors (Lipinski definition) is 3. The van der Waals surface area contributed by atoms with Gasteiger partial charge in [0, 0.05) is 30.4 Å². The van der Waals surface area contributed by atoms with Crippen LogP contribution in [0.25, 0.3) is 5.52 Å². The number of carbonyl (C=O) groups is 2. The zero-order chi connectivity index (χ0) is 21.9. The Balaban J connectivity index is 2.17. The van der Waals surface area contributed by atoms with E-state index in [1.165, 1.54) is 0 Å². The molecule has 0 aliphatic carbocycles. The molecule has 0 bridgehead atoms. The Morgan fingerprint density at radius 2 is 1.67 bits per heavy atom. The first kappa shape index (κ1) is 21.6. The number of nitrogens with zero attached hydrogens (tertiary/aromatic N) is 2. The number of pyridine rings is 1. The van der Waals surface area contributed by atoms with E-state index in [9.17, 15) is 9.59 Å². The van der Waals surface area contributed by atoms with Crippen molar-refractivity contribution in [3.05, 3.63) is 77.6 Å². The van der Waals surface area contributed by atoms with Crippen LogP contribution in [0.3, 0.4) is 0 Å². The van der Waals surface area contributed by atoms with Crippen molar-refractivity contribution < 1.29 is 14.3 Å². The Bertz CT molecular complexity index is 1030. The van der Waals surface area contributed by atoms with Crippen LogP contribution in [-0.2, 0) is 9.53 Å². The first-order chi connectivity index (χ1) is 14.3. The summed E-state index contributed by atoms with van der Waals surface area (Å²) in [5, 5.41) is 0. The minimum atomic E-state index is -0.641. The van der Waals surface area contributed by atoms with Gasteiger partial charge in [-0.2, -0.15) is 0 Å². The average Bonchev–Trinajstić information content (AvgIpc) is 3.20. The van der Waals surface area contributed by atoms with Crippen molar-refractivity contribution in [2.24, 2.45) is 5.41 Å². The van der Waals surface area contributed by atoms with Gasteiger partial charge in [-0.05, 0) is 64.4 Å². The summed E-state index contributed by atoms with van der Waals surface area (Å²) in [6, 6.07) is 17.3. The molecular formula is C25H30N2O3. The maximum atomic E-state index is 13.1. The number of ether oxygens (including phenoxy) is 1. The van der Waals surface area contributed by atoms with Crippen LogP contribution in [0.4, 0.5) is 0 Å². The first-order valence-electron chi connectivity index (χ1n) is 10.4. The van der Waals surface area contributed by atoms with Crippen molar-refractivity contribution in [1.29, 1.82) is 0 Å². The number of rotatable bonds is 6. The zero-order valence-corrected chi connectivity index (χ0v) is 18.4. The number of benzene rings is 1. The highest BCUT2D eigenvalue weighted by Crippen LogP contribution is 2.31. The third-order valence-corrected chi connectivity index (χ3v) is 5.17. The summed E-state index contributed by atoms with van der Waals surface area (Å²) in [5.41, 5.74) is 2.44. The van der Waals surface area contributed by atoms with Crippen molar-refractivity contribution in [2.75, 3.05) is 13.1 Å². The molecule has 3 rings (SSSR count). The van der Waals surface area contributed by atoms with E-state index in [2.05, 4.69) is 0 Å². The van der Waals surface area contributed by atoms with E-state index in [1.807, 2.05) is 99.8 Å². The summed E-state index contributed by atoms with van der Waals surface area (Å²) in [4.78, 5) is 27.7. The standard InChI is InChI=1S/C25H30N2O3/c1-6-26(7-2)23(28)19-16-20-14-11-15-27(20)21(17-19)22(18-12-9-8-10-13-18)30-24(29)25(3,4)5/h8-17,22H,6-7H2,1-5H3. The second-order valence-corrected chi connectivity index (χ2v) is 8.40. The van der Waals surface area contributed by atoms with Gasteiger partial charge in [-0.1, -0.05) is 30.3 Å². The van der Waals surface area contributed by atoms with Gasteiger partial charge in [0.2, 0.25) is 0 Å². The third-order valence-electron chi connectivity index (χ3n) is 5.17. The van der Waals surface area contributed by atoms with E-state index < -0.39 is 11.5 Å². The molecule has 5 heteroatoms. The van der Waals surface area contributed by atoms with Gasteiger partial charge >= 0.3 is 5.97 Å². The molecule has 3 aromatic rings. The molecule has 30 heavy (non-hydrogen) atoms. The van der Waals surface area contributed by atoms with Crippen molar-refractivity contribution in [1.82, 2.24) is 9.30 Å². The average molecular weight is 407 g/mol. The molecule has 0 aliphatic rings. The summed E-state index contributed by atoms with van der Waals surface area (Å²) in [6.07, 6.45) is 1.30. The highest BCUT2D eigenvalue weighted by molar-refractivity contribution is 5.95. The molecule has 0 fully saturated rings. The summed E-state index contributed by atoms with van der Waals surface area (Å²) in [7, 11) is 0. The molecule has 0 saturated carbocycles. The van der Waals surface area contributed by atoms with Crippen molar-refractivity contribution in [3.63, 3.8) is 0 Å². The second kappa shape index (κ2) is 8.74. The fraction of sp³-hybridized carbons (Fsp3) is 0.360. The molecule has 158 valence electrons. The van der Waals surface area contributed by atoms with E-state index in [0.717, 1.165) is 16.8 Å². The molecule has 0 spiro atoms. The number of aromatic nitrogens is 1. The summed E-state index contributed by atoms with van der Waals surface area (Å²) < 4.78 is 8.01. The SMILES string of the molecule is CCN(CC)C(=O)c1cc(C(OC(=O)C(C)(C)C)c2ccccc2)n2cccc2c1. The third kappa shape index (κ3) is 4.40. The van der Waals surface area contributed by atoms with Crippen molar-refractivity contribution in [2.45, 2.75) is 40.7 Å². The van der Waals surface area contributed by atoms with Crippen LogP contribution >= 0.6 is 0 Å². The van der Waals surface area contributed by atoms with Crippen LogP contribution < -0.4 is 0 Å². The first-order valence-corrected chi connectivity index (χ1v) is 10.4. The molecule has 2 heterocycles. The molecule has 1 aromatic carbocycles. The van der Waals surface area contributed by atoms with Crippen LogP contribution in [0.2, 0.25) is 0 Å². The molecule has 2 aromatic heterocycles. The fourth-order valence-electron chi connectivity index (χ4n) is 3.41. The van der Waals surface area contributed by atoms with Crippen molar-refractivity contribution >= 4 is 17.4 Å². The number of hydrogen-bond donors (Lipinski definition) is 0. The highest BCUT2D eigenvalue weighted by Gasteiger charge is 2.30. The number of esters is 1. The molecule has 0 N–H and O–H groups in total. The molecule has 1 unspecified atom stereocenters. The normalized spacial score (nSPS) is 12.6. The highest BCUT2D eigenvalue weighted by atomic mass is 16.5. The minimum absolute atomic E-state index is 0.0288. The van der Waals surface area contributed by atoms with Crippen LogP contribution in [0, 0.1) is 5.41 Å². The fourth-order valence-corrected chi connectivity index (χ4v) is 3.41. The monoisotopic (exact) mass is 406 g/mol. The van der Waals surface area contributed by atoms with E-state index >= 15 is 0 Å². The number of fused-ring (bicyclic) bond motifs is 1. The number of amides is 1. The van der Waals surface area contributed by atoms with Gasteiger partial charge in [0.25, 0.3) is 5.91 Å². The molecule has 1 amide bonds. The molecule has 0 radical (unpaired) electrons. The Kier molecular flexibility index (Phi) is 6.30. The molecule has 1 atom stereocenters. The van der Waals surface area contributed by atoms with E-state index in [0.29, 0.717) is 18.7 Å². The predicted octanol–water partition coefficient (Wildman–Crippen LogP) is 5.10. The van der Waals surface area contributed by atoms with E-state index in [4.69, 9.17) is 4.74 Å². The Morgan fingerprint density at radius 1 is 1.00 bits per heavy atom. The second-order valence-electron chi connectivity index (χ2n) is 8.40. The lowest BCUT2D eigenvalue weighted by Gasteiger charge is -2.26. The molecule has 0 saturated heterocycles. The van der Waals surface area contributed by atoms with Gasteiger partial charge in [-0.3, -0.25) is 9.59 Å². The Hall–Kier alpha value is -3.08. The molecular weight excluding hydrogens is 376 g/mol. The van der Waals surface area contributed by atoms with Gasteiger partial charge < -0.3 is 14.0 Å². The summed E-state index contributed by atoms with van der Waals surface area (Å²) in [5.74, 6) is -0.323. The van der Waals surface area contributed by atoms with Crippen LogP contribution in [0.15, 0.2) is 60.8 Å². The topological polar surface area (TPSA) is 51.0 Å². The van der Waals surface area contributed by atoms with Gasteiger partial charge in [0.1, 0.15) is 0 Å². The maximum absolute atomic E-state index is 13.1. The lowest BCUT2D eigenvalue weighted by Crippen LogP contribution is -2.31. The molecule has 0 aliphatic heterocycles. The Labute approximate surface area is 178 Å². The van der Waals surface area contributed by atoms with Crippen LogP contribution in [0.5, 0.6) is 0 Å². The van der Waals surface area contributed by atoms with E-state index in [1.54, 1.807) is 4.90 Å². The largest absolute Gasteiger partial charge is 0.451 e. The van der Waals surface area contributed by atoms with Gasteiger partial charge in [0.05, 0.1) is 11.1 Å². The predicted molar refractivity (Wildman–Crippen MR) is 118 cm³/mol. The lowest BCUT2D eigenvalue weighted by atomic mass is 9.96. The zero-order valence-electron chi connectivity index (χ0n) is 18.4. The minimum Gasteiger partial charge on any atom is -0.451 e. The van der Waals surface area contributed by atoms with Gasteiger partial charge in [-0.15, -0.1) is 0 Å². The van der Waals surface area contributed by atoms with Crippen molar-refractivity contribution in [3.8, 4) is 0 Å². The number of carbonyl (C=O) groups excluding carboxylic acids is 2. The molecule has 5 nitrogen and oxygen atoms in total. The van der Waals surface area contributed by atoms with Gasteiger partial charge in [0.15, 0.2) is 6.10 Å². The smallest absolute Gasteiger partial charge is 0.312 e. The summed E-state index contributed by atoms with van der Waals surface area (Å²) >= 11 is 0. The van der Waals surface area contributed by atoms with E-state index in [-0.39, 0.29) is 11.9 Å². The van der Waals surface area contributed by atoms with Gasteiger partial charge in [-0.25, -0.2) is 0 Å². The Morgan fingerprint density at radius 3 is 2.27 bits per heavy atom. The summed E-state index contributed by atoms with van der Waals surface area (Å²) in [6.45, 7) is 10.7. The maximum Gasteiger partial charge on any atom is 0.312 e. The van der Waals surface area contributed by atoms with Crippen LogP contribution in [0.1, 0.15) is 62.3 Å². The quantitative estimate of drug-likeness (QED) is 0.535.